The predicted molar refractivity (Wildman–Crippen MR) is 139 cm³/mol. The Hall–Kier alpha value is -3.88. The van der Waals surface area contributed by atoms with Gasteiger partial charge in [-0.2, -0.15) is 0 Å². The number of amides is 4. The summed E-state index contributed by atoms with van der Waals surface area (Å²) in [7, 11) is 0. The van der Waals surface area contributed by atoms with Crippen LogP contribution in [-0.4, -0.2) is 64.6 Å². The van der Waals surface area contributed by atoms with Gasteiger partial charge in [-0.1, -0.05) is 6.07 Å². The van der Waals surface area contributed by atoms with Gasteiger partial charge in [0.1, 0.15) is 11.5 Å². The normalized spacial score (nSPS) is 21.1. The molecular formula is C29H32N4O5. The number of hydrogen-bond acceptors (Lipinski definition) is 5. The van der Waals surface area contributed by atoms with Gasteiger partial charge in [-0.15, -0.1) is 0 Å². The molecule has 0 radical (unpaired) electrons. The third kappa shape index (κ3) is 5.51. The molecule has 9 nitrogen and oxygen atoms in total. The number of nitrogens with one attached hydrogen (secondary N) is 2. The maximum absolute atomic E-state index is 13.1. The highest BCUT2D eigenvalue weighted by molar-refractivity contribution is 5.96. The van der Waals surface area contributed by atoms with Crippen molar-refractivity contribution in [3.8, 4) is 11.5 Å². The minimum Gasteiger partial charge on any atom is -0.457 e. The van der Waals surface area contributed by atoms with E-state index < -0.39 is 0 Å². The van der Waals surface area contributed by atoms with E-state index in [0.717, 1.165) is 37.7 Å². The van der Waals surface area contributed by atoms with E-state index in [-0.39, 0.29) is 35.7 Å². The molecule has 2 heterocycles. The van der Waals surface area contributed by atoms with E-state index in [0.29, 0.717) is 61.1 Å². The molecule has 0 bridgehead atoms. The third-order valence-electron chi connectivity index (χ3n) is 7.60. The van der Waals surface area contributed by atoms with Gasteiger partial charge in [0, 0.05) is 61.2 Å². The van der Waals surface area contributed by atoms with Crippen molar-refractivity contribution >= 4 is 23.6 Å². The Morgan fingerprint density at radius 3 is 2.26 bits per heavy atom. The summed E-state index contributed by atoms with van der Waals surface area (Å²) in [4.78, 5) is 53.7. The molecule has 0 aromatic heterocycles. The SMILES string of the molecule is O=C(NC1CC1)c1ccc(Oc2cc(C(=O)N[C@H]3CC(=O)N(C4CC4)C3)ccc2CN2CCCC2=O)cc1. The molecule has 2 aliphatic heterocycles. The van der Waals surface area contributed by atoms with Gasteiger partial charge in [-0.05, 0) is 68.5 Å². The fraction of sp³-hybridized carbons (Fsp3) is 0.448. The minimum atomic E-state index is -0.263. The molecule has 6 rings (SSSR count). The topological polar surface area (TPSA) is 108 Å². The third-order valence-corrected chi connectivity index (χ3v) is 7.60. The predicted octanol–water partition coefficient (Wildman–Crippen LogP) is 2.99. The fourth-order valence-electron chi connectivity index (χ4n) is 5.13. The van der Waals surface area contributed by atoms with Gasteiger partial charge < -0.3 is 25.2 Å². The molecule has 0 unspecified atom stereocenters. The van der Waals surface area contributed by atoms with Crippen LogP contribution in [0.25, 0.3) is 0 Å². The summed E-state index contributed by atoms with van der Waals surface area (Å²) in [6.07, 6.45) is 5.82. The summed E-state index contributed by atoms with van der Waals surface area (Å²) in [5.41, 5.74) is 1.78. The van der Waals surface area contributed by atoms with Gasteiger partial charge in [0.2, 0.25) is 11.8 Å². The molecule has 4 amide bonds. The van der Waals surface area contributed by atoms with Crippen LogP contribution >= 0.6 is 0 Å². The van der Waals surface area contributed by atoms with Crippen LogP contribution in [0.3, 0.4) is 0 Å². The molecule has 9 heteroatoms. The first-order chi connectivity index (χ1) is 18.4. The zero-order valence-corrected chi connectivity index (χ0v) is 21.3. The quantitative estimate of drug-likeness (QED) is 0.533. The molecule has 2 N–H and O–H groups in total. The number of carbonyl (C=O) groups excluding carboxylic acids is 4. The Balaban J connectivity index is 1.18. The van der Waals surface area contributed by atoms with Crippen LogP contribution in [0.2, 0.25) is 0 Å². The lowest BCUT2D eigenvalue weighted by Gasteiger charge is -2.20. The van der Waals surface area contributed by atoms with E-state index >= 15 is 0 Å². The molecule has 2 aromatic rings. The maximum atomic E-state index is 13.1. The van der Waals surface area contributed by atoms with Crippen LogP contribution in [0.15, 0.2) is 42.5 Å². The van der Waals surface area contributed by atoms with Crippen molar-refractivity contribution in [3.63, 3.8) is 0 Å². The second-order valence-electron chi connectivity index (χ2n) is 10.8. The zero-order valence-electron chi connectivity index (χ0n) is 21.3. The van der Waals surface area contributed by atoms with E-state index in [1.807, 2.05) is 11.0 Å². The molecule has 1 atom stereocenters. The summed E-state index contributed by atoms with van der Waals surface area (Å²) < 4.78 is 6.21. The molecule has 198 valence electrons. The second kappa shape index (κ2) is 10.1. The first kappa shape index (κ1) is 24.5. The smallest absolute Gasteiger partial charge is 0.251 e. The number of hydrogen-bond donors (Lipinski definition) is 2. The van der Waals surface area contributed by atoms with Gasteiger partial charge in [0.15, 0.2) is 0 Å². The van der Waals surface area contributed by atoms with Gasteiger partial charge in [0.25, 0.3) is 11.8 Å². The van der Waals surface area contributed by atoms with Crippen LogP contribution in [0.5, 0.6) is 11.5 Å². The Kier molecular flexibility index (Phi) is 6.51. The summed E-state index contributed by atoms with van der Waals surface area (Å²) in [5, 5.41) is 5.98. The Morgan fingerprint density at radius 1 is 0.868 bits per heavy atom. The second-order valence-corrected chi connectivity index (χ2v) is 10.8. The van der Waals surface area contributed by atoms with Crippen LogP contribution in [0, 0.1) is 0 Å². The molecule has 2 aromatic carbocycles. The van der Waals surface area contributed by atoms with Crippen LogP contribution < -0.4 is 15.4 Å². The largest absolute Gasteiger partial charge is 0.457 e. The number of ether oxygens (including phenoxy) is 1. The lowest BCUT2D eigenvalue weighted by atomic mass is 10.1. The Bertz CT molecular complexity index is 1270. The summed E-state index contributed by atoms with van der Waals surface area (Å²) in [6.45, 7) is 1.64. The average molecular weight is 517 g/mol. The summed E-state index contributed by atoms with van der Waals surface area (Å²) in [6, 6.07) is 12.6. The highest BCUT2D eigenvalue weighted by Crippen LogP contribution is 2.32. The number of carbonyl (C=O) groups is 4. The molecule has 2 aliphatic carbocycles. The molecule has 4 aliphatic rings. The number of likely N-dealkylation sites (tertiary alicyclic amines) is 2. The van der Waals surface area contributed by atoms with Crippen LogP contribution in [0.4, 0.5) is 0 Å². The van der Waals surface area contributed by atoms with Gasteiger partial charge in [-0.25, -0.2) is 0 Å². The van der Waals surface area contributed by atoms with Crippen molar-refractivity contribution in [2.75, 3.05) is 13.1 Å². The average Bonchev–Trinajstić information content (AvgIpc) is 3.83. The van der Waals surface area contributed by atoms with E-state index in [2.05, 4.69) is 10.6 Å². The van der Waals surface area contributed by atoms with Gasteiger partial charge in [-0.3, -0.25) is 19.2 Å². The molecule has 0 spiro atoms. The molecule has 4 fully saturated rings. The Labute approximate surface area is 221 Å². The fourth-order valence-corrected chi connectivity index (χ4v) is 5.13. The van der Waals surface area contributed by atoms with Gasteiger partial charge in [0.05, 0.1) is 6.04 Å². The monoisotopic (exact) mass is 516 g/mol. The van der Waals surface area contributed by atoms with Crippen molar-refractivity contribution in [2.45, 2.75) is 69.6 Å². The van der Waals surface area contributed by atoms with E-state index in [1.165, 1.54) is 0 Å². The molecule has 2 saturated heterocycles. The van der Waals surface area contributed by atoms with Crippen molar-refractivity contribution in [1.29, 1.82) is 0 Å². The van der Waals surface area contributed by atoms with E-state index in [4.69, 9.17) is 4.74 Å². The number of rotatable bonds is 9. The highest BCUT2D eigenvalue weighted by atomic mass is 16.5. The zero-order chi connectivity index (χ0) is 26.2. The summed E-state index contributed by atoms with van der Waals surface area (Å²) in [5.74, 6) is 0.852. The van der Waals surface area contributed by atoms with Gasteiger partial charge >= 0.3 is 0 Å². The Morgan fingerprint density at radius 2 is 1.58 bits per heavy atom. The van der Waals surface area contributed by atoms with E-state index in [9.17, 15) is 19.2 Å². The summed E-state index contributed by atoms with van der Waals surface area (Å²) >= 11 is 0. The van der Waals surface area contributed by atoms with Crippen molar-refractivity contribution in [2.24, 2.45) is 0 Å². The highest BCUT2D eigenvalue weighted by Gasteiger charge is 2.39. The molecular weight excluding hydrogens is 484 g/mol. The molecule has 38 heavy (non-hydrogen) atoms. The first-order valence-electron chi connectivity index (χ1n) is 13.5. The maximum Gasteiger partial charge on any atom is 0.251 e. The lowest BCUT2D eigenvalue weighted by molar-refractivity contribution is -0.129. The van der Waals surface area contributed by atoms with Crippen molar-refractivity contribution < 1.29 is 23.9 Å². The molecule has 2 saturated carbocycles. The van der Waals surface area contributed by atoms with Crippen molar-refractivity contribution in [3.05, 3.63) is 59.2 Å². The van der Waals surface area contributed by atoms with Crippen LogP contribution in [0.1, 0.15) is 71.2 Å². The lowest BCUT2D eigenvalue weighted by Crippen LogP contribution is -2.37. The van der Waals surface area contributed by atoms with E-state index in [1.54, 1.807) is 41.3 Å². The van der Waals surface area contributed by atoms with Crippen LogP contribution in [-0.2, 0) is 16.1 Å². The minimum absolute atomic E-state index is 0.0988. The first-order valence-corrected chi connectivity index (χ1v) is 13.5. The number of benzene rings is 2. The standard InChI is InChI=1S/C29H32N4O5/c34-26-2-1-13-32(26)16-20-4-3-19(29(37)31-22-15-27(35)33(17-22)23-9-10-23)14-25(20)38-24-11-5-18(6-12-24)28(36)30-21-7-8-21/h3-6,11-12,14,21-23H,1-2,7-10,13,15-17H2,(H,30,36)(H,31,37)/t22-/m0/s1. The van der Waals surface area contributed by atoms with Crippen molar-refractivity contribution in [1.82, 2.24) is 20.4 Å². The number of nitrogens with zero attached hydrogens (tertiary/aromatic N) is 2.